The van der Waals surface area contributed by atoms with Crippen LogP contribution in [0.1, 0.15) is 86.7 Å². The normalized spacial score (nSPS) is 11.5. The Labute approximate surface area is 345 Å². The maximum atomic E-state index is 12.9. The fourth-order valence-electron chi connectivity index (χ4n) is 5.21. The molecule has 0 aliphatic rings. The highest BCUT2D eigenvalue weighted by Gasteiger charge is 2.14. The Kier molecular flexibility index (Phi) is 20.6. The SMILES string of the molecule is C=CC(=O)OCC(C)OC(=O)CCCCCOc1ccc(C(=C)Oc2ccc(OC(=O)c3ccc(OCCCCCC(=O)OC(C)COC(=O)C=C)cc3)c(C)c2)cc1. The van der Waals surface area contributed by atoms with Crippen LogP contribution in [0.4, 0.5) is 0 Å². The number of unbranched alkanes of at least 4 members (excludes halogenated alkanes) is 4. The molecular formula is C46H54O13. The van der Waals surface area contributed by atoms with Crippen LogP contribution in [0, 0.1) is 6.92 Å². The summed E-state index contributed by atoms with van der Waals surface area (Å²) in [5, 5.41) is 0. The number of aryl methyl sites for hydroxylation is 1. The third kappa shape index (κ3) is 18.6. The summed E-state index contributed by atoms with van der Waals surface area (Å²) < 4.78 is 43.4. The lowest BCUT2D eigenvalue weighted by molar-refractivity contribution is -0.156. The summed E-state index contributed by atoms with van der Waals surface area (Å²) in [6.45, 7) is 16.7. The Bertz CT molecular complexity index is 1860. The van der Waals surface area contributed by atoms with Gasteiger partial charge in [0.05, 0.1) is 18.8 Å². The minimum atomic E-state index is -0.565. The summed E-state index contributed by atoms with van der Waals surface area (Å²) in [4.78, 5) is 59.0. The molecule has 0 radical (unpaired) electrons. The van der Waals surface area contributed by atoms with Gasteiger partial charge in [0, 0.05) is 30.6 Å². The maximum Gasteiger partial charge on any atom is 0.343 e. The first-order chi connectivity index (χ1) is 28.4. The van der Waals surface area contributed by atoms with E-state index < -0.39 is 30.1 Å². The third-order valence-electron chi connectivity index (χ3n) is 8.36. The number of carbonyl (C=O) groups excluding carboxylic acids is 5. The quantitative estimate of drug-likeness (QED) is 0.0180. The Morgan fingerprint density at radius 1 is 0.593 bits per heavy atom. The molecule has 3 aromatic carbocycles. The first-order valence-corrected chi connectivity index (χ1v) is 19.5. The number of carbonyl (C=O) groups is 5. The zero-order chi connectivity index (χ0) is 43.0. The van der Waals surface area contributed by atoms with Crippen LogP contribution in [-0.4, -0.2) is 68.5 Å². The second kappa shape index (κ2) is 25.8. The zero-order valence-corrected chi connectivity index (χ0v) is 34.1. The van der Waals surface area contributed by atoms with Gasteiger partial charge in [-0.15, -0.1) is 0 Å². The van der Waals surface area contributed by atoms with Gasteiger partial charge < -0.3 is 37.9 Å². The van der Waals surface area contributed by atoms with Gasteiger partial charge in [-0.3, -0.25) is 9.59 Å². The van der Waals surface area contributed by atoms with Crippen molar-refractivity contribution in [3.8, 4) is 23.0 Å². The Balaban J connectivity index is 1.31. The number of esters is 5. The first kappa shape index (κ1) is 47.0. The van der Waals surface area contributed by atoms with Crippen LogP contribution in [-0.2, 0) is 38.1 Å². The van der Waals surface area contributed by atoms with E-state index in [0.717, 1.165) is 43.4 Å². The standard InChI is InChI=1S/C46H54O13/c1-7-42(47)54-30-33(4)56-44(49)15-11-9-13-27-52-38-21-17-36(18-22-38)35(6)58-40-25-26-41(32(3)29-40)59-46(51)37-19-23-39(24-20-37)53-28-14-10-12-16-45(50)57-34(5)31-55-43(48)8-2/h7-8,17-26,29,33-34H,1-2,6,9-16,27-28,30-31H2,3-5H3. The second-order valence-corrected chi connectivity index (χ2v) is 13.5. The van der Waals surface area contributed by atoms with E-state index in [2.05, 4.69) is 19.7 Å². The number of hydrogen-bond donors (Lipinski definition) is 0. The van der Waals surface area contributed by atoms with E-state index in [4.69, 9.17) is 37.9 Å². The molecule has 2 unspecified atom stereocenters. The molecule has 2 atom stereocenters. The van der Waals surface area contributed by atoms with E-state index in [1.165, 1.54) is 0 Å². The smallest absolute Gasteiger partial charge is 0.343 e. The Morgan fingerprint density at radius 2 is 1.05 bits per heavy atom. The fourth-order valence-corrected chi connectivity index (χ4v) is 5.21. The molecular weight excluding hydrogens is 760 g/mol. The van der Waals surface area contributed by atoms with Crippen LogP contribution >= 0.6 is 0 Å². The third-order valence-corrected chi connectivity index (χ3v) is 8.36. The van der Waals surface area contributed by atoms with Gasteiger partial charge in [0.15, 0.2) is 0 Å². The molecule has 316 valence electrons. The Hall–Kier alpha value is -6.37. The molecule has 0 aliphatic heterocycles. The predicted octanol–water partition coefficient (Wildman–Crippen LogP) is 8.46. The van der Waals surface area contributed by atoms with Crippen molar-refractivity contribution in [1.82, 2.24) is 0 Å². The summed E-state index contributed by atoms with van der Waals surface area (Å²) in [6.07, 6.45) is 5.89. The molecule has 0 fully saturated rings. The average Bonchev–Trinajstić information content (AvgIpc) is 3.22. The van der Waals surface area contributed by atoms with E-state index in [9.17, 15) is 24.0 Å². The fraction of sp³-hybridized carbons (Fsp3) is 0.370. The lowest BCUT2D eigenvalue weighted by Crippen LogP contribution is -2.21. The summed E-state index contributed by atoms with van der Waals surface area (Å²) >= 11 is 0. The summed E-state index contributed by atoms with van der Waals surface area (Å²) in [5.74, 6) is 0.309. The van der Waals surface area contributed by atoms with Crippen molar-refractivity contribution in [3.63, 3.8) is 0 Å². The monoisotopic (exact) mass is 814 g/mol. The van der Waals surface area contributed by atoms with Gasteiger partial charge in [-0.25, -0.2) is 14.4 Å². The molecule has 59 heavy (non-hydrogen) atoms. The molecule has 0 spiro atoms. The number of rotatable bonds is 27. The van der Waals surface area contributed by atoms with Crippen LogP contribution in [0.15, 0.2) is 98.6 Å². The summed E-state index contributed by atoms with van der Waals surface area (Å²) in [5.41, 5.74) is 1.82. The minimum Gasteiger partial charge on any atom is -0.494 e. The van der Waals surface area contributed by atoms with Gasteiger partial charge in [0.2, 0.25) is 0 Å². The van der Waals surface area contributed by atoms with E-state index in [1.807, 2.05) is 31.2 Å². The molecule has 0 amide bonds. The van der Waals surface area contributed by atoms with Crippen molar-refractivity contribution >= 4 is 35.6 Å². The Morgan fingerprint density at radius 3 is 1.51 bits per heavy atom. The largest absolute Gasteiger partial charge is 0.494 e. The lowest BCUT2D eigenvalue weighted by Gasteiger charge is -2.13. The van der Waals surface area contributed by atoms with Gasteiger partial charge in [0.25, 0.3) is 0 Å². The van der Waals surface area contributed by atoms with Crippen molar-refractivity contribution in [2.45, 2.75) is 84.3 Å². The zero-order valence-electron chi connectivity index (χ0n) is 34.1. The topological polar surface area (TPSA) is 159 Å². The summed E-state index contributed by atoms with van der Waals surface area (Å²) in [6, 6.07) is 19.1. The van der Waals surface area contributed by atoms with Crippen molar-refractivity contribution in [2.24, 2.45) is 0 Å². The van der Waals surface area contributed by atoms with Crippen LogP contribution in [0.5, 0.6) is 23.0 Å². The molecule has 13 heteroatoms. The number of hydrogen-bond acceptors (Lipinski definition) is 13. The van der Waals surface area contributed by atoms with Gasteiger partial charge in [-0.05, 0) is 132 Å². The molecule has 0 saturated heterocycles. The minimum absolute atomic E-state index is 0.0120. The van der Waals surface area contributed by atoms with Crippen LogP contribution in [0.2, 0.25) is 0 Å². The molecule has 0 heterocycles. The van der Waals surface area contributed by atoms with Crippen molar-refractivity contribution in [1.29, 1.82) is 0 Å². The van der Waals surface area contributed by atoms with Gasteiger partial charge >= 0.3 is 29.8 Å². The van der Waals surface area contributed by atoms with E-state index in [1.54, 1.807) is 56.3 Å². The van der Waals surface area contributed by atoms with Crippen molar-refractivity contribution in [3.05, 3.63) is 115 Å². The number of ether oxygens (including phenoxy) is 8. The van der Waals surface area contributed by atoms with Crippen molar-refractivity contribution in [2.75, 3.05) is 26.4 Å². The van der Waals surface area contributed by atoms with E-state index in [0.29, 0.717) is 65.9 Å². The number of benzene rings is 3. The van der Waals surface area contributed by atoms with Crippen LogP contribution < -0.4 is 18.9 Å². The first-order valence-electron chi connectivity index (χ1n) is 19.5. The highest BCUT2D eigenvalue weighted by molar-refractivity contribution is 5.91. The van der Waals surface area contributed by atoms with Gasteiger partial charge in [-0.1, -0.05) is 19.7 Å². The molecule has 0 N–H and O–H groups in total. The average molecular weight is 815 g/mol. The summed E-state index contributed by atoms with van der Waals surface area (Å²) in [7, 11) is 0. The molecule has 0 aliphatic carbocycles. The lowest BCUT2D eigenvalue weighted by atomic mass is 10.1. The molecule has 0 aromatic heterocycles. The van der Waals surface area contributed by atoms with Crippen molar-refractivity contribution < 1.29 is 61.9 Å². The predicted molar refractivity (Wildman–Crippen MR) is 220 cm³/mol. The van der Waals surface area contributed by atoms with Crippen LogP contribution in [0.25, 0.3) is 5.76 Å². The van der Waals surface area contributed by atoms with Gasteiger partial charge in [0.1, 0.15) is 54.2 Å². The molecule has 13 nitrogen and oxygen atoms in total. The second-order valence-electron chi connectivity index (χ2n) is 13.5. The molecule has 3 aromatic rings. The van der Waals surface area contributed by atoms with Gasteiger partial charge in [-0.2, -0.15) is 0 Å². The molecule has 0 bridgehead atoms. The van der Waals surface area contributed by atoms with Crippen LogP contribution in [0.3, 0.4) is 0 Å². The molecule has 0 saturated carbocycles. The highest BCUT2D eigenvalue weighted by atomic mass is 16.6. The van der Waals surface area contributed by atoms with E-state index in [-0.39, 0.29) is 38.0 Å². The maximum absolute atomic E-state index is 12.9. The van der Waals surface area contributed by atoms with E-state index >= 15 is 0 Å². The molecule has 3 rings (SSSR count). The highest BCUT2D eigenvalue weighted by Crippen LogP contribution is 2.28.